The van der Waals surface area contributed by atoms with Crippen molar-refractivity contribution in [2.45, 2.75) is 6.92 Å². The van der Waals surface area contributed by atoms with Gasteiger partial charge in [-0.25, -0.2) is 8.78 Å². The fourth-order valence-electron chi connectivity index (χ4n) is 1.55. The maximum Gasteiger partial charge on any atom is 0.175 e. The number of hydrogen-bond donors (Lipinski definition) is 2. The van der Waals surface area contributed by atoms with E-state index in [1.807, 2.05) is 0 Å². The maximum atomic E-state index is 13.6. The van der Waals surface area contributed by atoms with Gasteiger partial charge in [0.05, 0.1) is 5.69 Å². The molecular weight excluding hydrogens is 346 g/mol. The van der Waals surface area contributed by atoms with Gasteiger partial charge in [-0.15, -0.1) is 0 Å². The molecule has 0 bridgehead atoms. The van der Waals surface area contributed by atoms with Crippen LogP contribution in [0.25, 0.3) is 0 Å². The van der Waals surface area contributed by atoms with Crippen LogP contribution in [0.2, 0.25) is 0 Å². The summed E-state index contributed by atoms with van der Waals surface area (Å²) in [6.07, 6.45) is 0. The molecule has 2 rings (SSSR count). The van der Waals surface area contributed by atoms with Crippen molar-refractivity contribution >= 4 is 44.6 Å². The molecule has 2 nitrogen and oxygen atoms in total. The van der Waals surface area contributed by atoms with Crippen molar-refractivity contribution in [3.8, 4) is 0 Å². The summed E-state index contributed by atoms with van der Waals surface area (Å²) in [6, 6.07) is 9.26. The number of halogens is 3. The van der Waals surface area contributed by atoms with Crippen LogP contribution in [0.15, 0.2) is 40.9 Å². The molecule has 104 valence electrons. The highest BCUT2D eigenvalue weighted by atomic mass is 79.9. The predicted molar refractivity (Wildman–Crippen MR) is 85.1 cm³/mol. The van der Waals surface area contributed by atoms with Crippen LogP contribution < -0.4 is 10.6 Å². The monoisotopic (exact) mass is 356 g/mol. The Labute approximate surface area is 129 Å². The summed E-state index contributed by atoms with van der Waals surface area (Å²) in [7, 11) is 0. The van der Waals surface area contributed by atoms with Gasteiger partial charge >= 0.3 is 0 Å². The second-order valence-corrected chi connectivity index (χ2v) is 5.49. The van der Waals surface area contributed by atoms with Gasteiger partial charge in [0.2, 0.25) is 0 Å². The van der Waals surface area contributed by atoms with Crippen LogP contribution >= 0.6 is 28.1 Å². The number of aryl methyl sites for hydroxylation is 1. The van der Waals surface area contributed by atoms with E-state index in [9.17, 15) is 8.78 Å². The zero-order chi connectivity index (χ0) is 14.7. The molecule has 0 aromatic heterocycles. The lowest BCUT2D eigenvalue weighted by Gasteiger charge is -2.12. The molecule has 0 amide bonds. The van der Waals surface area contributed by atoms with E-state index in [0.29, 0.717) is 15.7 Å². The minimum atomic E-state index is -0.432. The van der Waals surface area contributed by atoms with E-state index < -0.39 is 5.82 Å². The summed E-state index contributed by atoms with van der Waals surface area (Å²) in [5.41, 5.74) is 1.30. The quantitative estimate of drug-likeness (QED) is 0.752. The lowest BCUT2D eigenvalue weighted by Crippen LogP contribution is -2.19. The molecule has 0 radical (unpaired) electrons. The first-order valence-electron chi connectivity index (χ1n) is 5.75. The summed E-state index contributed by atoms with van der Waals surface area (Å²) in [5.74, 6) is -0.758. The minimum Gasteiger partial charge on any atom is -0.332 e. The van der Waals surface area contributed by atoms with Gasteiger partial charge in [0.25, 0.3) is 0 Å². The second-order valence-electron chi connectivity index (χ2n) is 4.17. The number of anilines is 2. The van der Waals surface area contributed by atoms with Crippen molar-refractivity contribution in [1.82, 2.24) is 0 Å². The third-order valence-corrected chi connectivity index (χ3v) is 3.31. The van der Waals surface area contributed by atoms with Gasteiger partial charge in [-0.3, -0.25) is 0 Å². The normalized spacial score (nSPS) is 10.2. The SMILES string of the molecule is Cc1ccc(NC(=S)Nc2ccc(Br)cc2F)cc1F. The highest BCUT2D eigenvalue weighted by Gasteiger charge is 2.06. The van der Waals surface area contributed by atoms with E-state index in [4.69, 9.17) is 12.2 Å². The van der Waals surface area contributed by atoms with Crippen LogP contribution in [0.5, 0.6) is 0 Å². The van der Waals surface area contributed by atoms with E-state index in [-0.39, 0.29) is 16.6 Å². The molecule has 0 fully saturated rings. The van der Waals surface area contributed by atoms with Crippen molar-refractivity contribution < 1.29 is 8.78 Å². The predicted octanol–water partition coefficient (Wildman–Crippen LogP) is 4.84. The Hall–Kier alpha value is -1.53. The average molecular weight is 357 g/mol. The van der Waals surface area contributed by atoms with Gasteiger partial charge in [-0.2, -0.15) is 0 Å². The summed E-state index contributed by atoms with van der Waals surface area (Å²) in [5, 5.41) is 5.71. The number of nitrogens with one attached hydrogen (secondary N) is 2. The summed E-state index contributed by atoms with van der Waals surface area (Å²) < 4.78 is 27.7. The first kappa shape index (κ1) is 14.9. The van der Waals surface area contributed by atoms with E-state index in [0.717, 1.165) is 0 Å². The molecule has 0 aliphatic rings. The van der Waals surface area contributed by atoms with Crippen LogP contribution in [-0.2, 0) is 0 Å². The van der Waals surface area contributed by atoms with Crippen molar-refractivity contribution in [2.24, 2.45) is 0 Å². The number of thiocarbonyl (C=S) groups is 1. The Bertz CT molecular complexity index is 662. The smallest absolute Gasteiger partial charge is 0.175 e. The third-order valence-electron chi connectivity index (χ3n) is 2.61. The average Bonchev–Trinajstić information content (AvgIpc) is 2.37. The summed E-state index contributed by atoms with van der Waals surface area (Å²) >= 11 is 8.24. The lowest BCUT2D eigenvalue weighted by molar-refractivity contribution is 0.619. The number of benzene rings is 2. The zero-order valence-corrected chi connectivity index (χ0v) is 12.9. The number of hydrogen-bond acceptors (Lipinski definition) is 1. The van der Waals surface area contributed by atoms with E-state index in [1.165, 1.54) is 12.1 Å². The van der Waals surface area contributed by atoms with E-state index in [2.05, 4.69) is 26.6 Å². The van der Waals surface area contributed by atoms with E-state index >= 15 is 0 Å². The fourth-order valence-corrected chi connectivity index (χ4v) is 2.11. The molecule has 0 saturated carbocycles. The first-order valence-corrected chi connectivity index (χ1v) is 6.95. The molecule has 2 N–H and O–H groups in total. The molecule has 20 heavy (non-hydrogen) atoms. The molecule has 0 atom stereocenters. The molecule has 0 aliphatic heterocycles. The molecule has 2 aromatic carbocycles. The van der Waals surface area contributed by atoms with Gasteiger partial charge < -0.3 is 10.6 Å². The first-order chi connectivity index (χ1) is 9.45. The molecule has 2 aromatic rings. The minimum absolute atomic E-state index is 0.189. The molecule has 6 heteroatoms. The second kappa shape index (κ2) is 6.28. The van der Waals surface area contributed by atoms with Crippen molar-refractivity contribution in [3.63, 3.8) is 0 Å². The van der Waals surface area contributed by atoms with Crippen LogP contribution in [0.1, 0.15) is 5.56 Å². The van der Waals surface area contributed by atoms with Crippen LogP contribution in [-0.4, -0.2) is 5.11 Å². The van der Waals surface area contributed by atoms with Gasteiger partial charge in [-0.05, 0) is 55.0 Å². The largest absolute Gasteiger partial charge is 0.332 e. The van der Waals surface area contributed by atoms with Crippen LogP contribution in [0.3, 0.4) is 0 Å². The standard InChI is InChI=1S/C14H11BrF2N2S/c1-8-2-4-10(7-11(8)16)18-14(20)19-13-5-3-9(15)6-12(13)17/h2-7H,1H3,(H2,18,19,20). The van der Waals surface area contributed by atoms with Crippen LogP contribution in [0, 0.1) is 18.6 Å². The number of rotatable bonds is 2. The van der Waals surface area contributed by atoms with Gasteiger partial charge in [-0.1, -0.05) is 22.0 Å². The highest BCUT2D eigenvalue weighted by Crippen LogP contribution is 2.20. The molecule has 0 aliphatic carbocycles. The molecule has 0 spiro atoms. The third kappa shape index (κ3) is 3.74. The van der Waals surface area contributed by atoms with Gasteiger partial charge in [0, 0.05) is 10.2 Å². The van der Waals surface area contributed by atoms with E-state index in [1.54, 1.807) is 31.2 Å². The maximum absolute atomic E-state index is 13.6. The topological polar surface area (TPSA) is 24.1 Å². The molecule has 0 unspecified atom stereocenters. The van der Waals surface area contributed by atoms with Gasteiger partial charge in [0.1, 0.15) is 11.6 Å². The fraction of sp³-hybridized carbons (Fsp3) is 0.0714. The molecule has 0 saturated heterocycles. The Morgan fingerprint density at radius 1 is 1.05 bits per heavy atom. The Morgan fingerprint density at radius 2 is 1.80 bits per heavy atom. The Morgan fingerprint density at radius 3 is 2.45 bits per heavy atom. The Balaban J connectivity index is 2.07. The Kier molecular flexibility index (Phi) is 4.67. The van der Waals surface area contributed by atoms with Crippen LogP contribution in [0.4, 0.5) is 20.2 Å². The summed E-state index contributed by atoms with van der Waals surface area (Å²) in [6.45, 7) is 1.67. The zero-order valence-electron chi connectivity index (χ0n) is 10.5. The highest BCUT2D eigenvalue weighted by molar-refractivity contribution is 9.10. The van der Waals surface area contributed by atoms with Crippen molar-refractivity contribution in [3.05, 3.63) is 58.1 Å². The van der Waals surface area contributed by atoms with Crippen molar-refractivity contribution in [1.29, 1.82) is 0 Å². The van der Waals surface area contributed by atoms with Crippen molar-refractivity contribution in [2.75, 3.05) is 10.6 Å². The molecule has 0 heterocycles. The molecular formula is C14H11BrF2N2S. The van der Waals surface area contributed by atoms with Gasteiger partial charge in [0.15, 0.2) is 5.11 Å². The lowest BCUT2D eigenvalue weighted by atomic mass is 10.2. The summed E-state index contributed by atoms with van der Waals surface area (Å²) in [4.78, 5) is 0.